The van der Waals surface area contributed by atoms with E-state index in [1.54, 1.807) is 0 Å². The van der Waals surface area contributed by atoms with E-state index in [4.69, 9.17) is 0 Å². The third kappa shape index (κ3) is 5.60. The van der Waals surface area contributed by atoms with E-state index in [0.717, 1.165) is 38.3 Å². The highest BCUT2D eigenvalue weighted by Gasteiger charge is 2.13. The van der Waals surface area contributed by atoms with Crippen LogP contribution in [0.15, 0.2) is 12.4 Å². The largest absolute Gasteiger partial charge is 0.334 e. The number of hydrogen-bond donors (Lipinski definition) is 1. The van der Waals surface area contributed by atoms with Crippen molar-refractivity contribution in [3.05, 3.63) is 18.2 Å². The molecule has 1 heterocycles. The van der Waals surface area contributed by atoms with E-state index in [0.29, 0.717) is 13.1 Å². The Bertz CT molecular complexity index is 484. The highest BCUT2D eigenvalue weighted by molar-refractivity contribution is 7.88. The number of sulfonamides is 1. The SMILES string of the molecule is CCCn1ccnc1CNCCCN(CC)S(C)(=O)=O. The van der Waals surface area contributed by atoms with Gasteiger partial charge in [0.2, 0.25) is 10.0 Å². The van der Waals surface area contributed by atoms with Crippen LogP contribution in [0.2, 0.25) is 0 Å². The molecular formula is C13H26N4O2S. The quantitative estimate of drug-likeness (QED) is 0.656. The average Bonchev–Trinajstić information content (AvgIpc) is 2.80. The third-order valence-corrected chi connectivity index (χ3v) is 4.51. The number of aromatic nitrogens is 2. The van der Waals surface area contributed by atoms with E-state index in [1.165, 1.54) is 10.6 Å². The number of imidazole rings is 1. The highest BCUT2D eigenvalue weighted by atomic mass is 32.2. The van der Waals surface area contributed by atoms with Crippen molar-refractivity contribution >= 4 is 10.0 Å². The van der Waals surface area contributed by atoms with E-state index < -0.39 is 10.0 Å². The van der Waals surface area contributed by atoms with Crippen LogP contribution in [-0.4, -0.2) is 48.2 Å². The van der Waals surface area contributed by atoms with Gasteiger partial charge in [0.05, 0.1) is 12.8 Å². The van der Waals surface area contributed by atoms with Crippen LogP contribution in [0.1, 0.15) is 32.5 Å². The number of hydrogen-bond acceptors (Lipinski definition) is 4. The number of rotatable bonds is 10. The zero-order valence-electron chi connectivity index (χ0n) is 12.7. The minimum absolute atomic E-state index is 0.528. The van der Waals surface area contributed by atoms with Crippen LogP contribution in [0, 0.1) is 0 Å². The highest BCUT2D eigenvalue weighted by Crippen LogP contribution is 2.00. The average molecular weight is 302 g/mol. The molecule has 6 nitrogen and oxygen atoms in total. The predicted molar refractivity (Wildman–Crippen MR) is 80.9 cm³/mol. The first-order chi connectivity index (χ1) is 9.49. The molecule has 0 radical (unpaired) electrons. The van der Waals surface area contributed by atoms with Gasteiger partial charge >= 0.3 is 0 Å². The van der Waals surface area contributed by atoms with Gasteiger partial charge in [-0.1, -0.05) is 13.8 Å². The third-order valence-electron chi connectivity index (χ3n) is 3.13. The zero-order valence-corrected chi connectivity index (χ0v) is 13.5. The lowest BCUT2D eigenvalue weighted by molar-refractivity contribution is 0.418. The van der Waals surface area contributed by atoms with Gasteiger partial charge in [0.25, 0.3) is 0 Å². The maximum atomic E-state index is 11.4. The summed E-state index contributed by atoms with van der Waals surface area (Å²) in [7, 11) is -3.07. The van der Waals surface area contributed by atoms with Gasteiger partial charge in [-0.2, -0.15) is 0 Å². The van der Waals surface area contributed by atoms with Gasteiger partial charge < -0.3 is 9.88 Å². The second kappa shape index (κ2) is 8.39. The van der Waals surface area contributed by atoms with Crippen LogP contribution >= 0.6 is 0 Å². The summed E-state index contributed by atoms with van der Waals surface area (Å²) in [6, 6.07) is 0. The van der Waals surface area contributed by atoms with E-state index in [2.05, 4.69) is 21.8 Å². The lowest BCUT2D eigenvalue weighted by Crippen LogP contribution is -2.32. The number of nitrogens with one attached hydrogen (secondary N) is 1. The summed E-state index contributed by atoms with van der Waals surface area (Å²) in [6.45, 7) is 7.57. The summed E-state index contributed by atoms with van der Waals surface area (Å²) >= 11 is 0. The number of nitrogens with zero attached hydrogens (tertiary/aromatic N) is 3. The topological polar surface area (TPSA) is 67.2 Å². The van der Waals surface area contributed by atoms with Crippen molar-refractivity contribution < 1.29 is 8.42 Å². The van der Waals surface area contributed by atoms with Crippen molar-refractivity contribution in [2.45, 2.75) is 39.8 Å². The summed E-state index contributed by atoms with van der Waals surface area (Å²) in [5.74, 6) is 1.03. The minimum atomic E-state index is -3.07. The molecule has 0 bridgehead atoms. The molecule has 1 rings (SSSR count). The van der Waals surface area contributed by atoms with E-state index in [-0.39, 0.29) is 0 Å². The van der Waals surface area contributed by atoms with Crippen molar-refractivity contribution in [2.24, 2.45) is 0 Å². The molecule has 0 spiro atoms. The molecule has 20 heavy (non-hydrogen) atoms. The molecule has 0 amide bonds. The van der Waals surface area contributed by atoms with Gasteiger partial charge in [-0.3, -0.25) is 0 Å². The Balaban J connectivity index is 2.26. The molecule has 0 aliphatic heterocycles. The standard InChI is InChI=1S/C13H26N4O2S/c1-4-9-16-11-8-15-13(16)12-14-7-6-10-17(5-2)20(3,18)19/h8,11,14H,4-7,9-10,12H2,1-3H3. The first-order valence-electron chi connectivity index (χ1n) is 7.14. The second-order valence-corrected chi connectivity index (χ2v) is 6.80. The summed E-state index contributed by atoms with van der Waals surface area (Å²) in [4.78, 5) is 4.32. The molecule has 0 fully saturated rings. The fraction of sp³-hybridized carbons (Fsp3) is 0.769. The molecule has 1 aromatic rings. The normalized spacial score (nSPS) is 12.2. The second-order valence-electron chi connectivity index (χ2n) is 4.82. The Kier molecular flexibility index (Phi) is 7.18. The smallest absolute Gasteiger partial charge is 0.211 e. The minimum Gasteiger partial charge on any atom is -0.334 e. The Morgan fingerprint density at radius 2 is 2.15 bits per heavy atom. The molecule has 0 saturated carbocycles. The van der Waals surface area contributed by atoms with Crippen molar-refractivity contribution in [1.82, 2.24) is 19.2 Å². The zero-order chi connectivity index (χ0) is 15.0. The van der Waals surface area contributed by atoms with Crippen LogP contribution in [0.4, 0.5) is 0 Å². The van der Waals surface area contributed by atoms with Gasteiger partial charge in [-0.15, -0.1) is 0 Å². The van der Waals surface area contributed by atoms with E-state index >= 15 is 0 Å². The molecule has 0 aliphatic rings. The van der Waals surface area contributed by atoms with Crippen molar-refractivity contribution in [3.8, 4) is 0 Å². The summed E-state index contributed by atoms with van der Waals surface area (Å²) < 4.78 is 26.5. The van der Waals surface area contributed by atoms with E-state index in [9.17, 15) is 8.42 Å². The van der Waals surface area contributed by atoms with E-state index in [1.807, 2.05) is 19.3 Å². The van der Waals surface area contributed by atoms with Crippen molar-refractivity contribution in [2.75, 3.05) is 25.9 Å². The Hall–Kier alpha value is -0.920. The Labute approximate surface area is 122 Å². The van der Waals surface area contributed by atoms with Crippen molar-refractivity contribution in [3.63, 3.8) is 0 Å². The van der Waals surface area contributed by atoms with Crippen LogP contribution < -0.4 is 5.32 Å². The van der Waals surface area contributed by atoms with Gasteiger partial charge in [0.15, 0.2) is 0 Å². The molecule has 0 atom stereocenters. The maximum absolute atomic E-state index is 11.4. The van der Waals surface area contributed by atoms with Gasteiger partial charge in [-0.25, -0.2) is 17.7 Å². The fourth-order valence-electron chi connectivity index (χ4n) is 2.09. The Morgan fingerprint density at radius 3 is 2.75 bits per heavy atom. The van der Waals surface area contributed by atoms with Crippen LogP contribution in [0.3, 0.4) is 0 Å². The Morgan fingerprint density at radius 1 is 1.40 bits per heavy atom. The first kappa shape index (κ1) is 17.1. The molecule has 1 aromatic heterocycles. The van der Waals surface area contributed by atoms with Gasteiger partial charge in [-0.05, 0) is 19.4 Å². The van der Waals surface area contributed by atoms with Crippen molar-refractivity contribution in [1.29, 1.82) is 0 Å². The maximum Gasteiger partial charge on any atom is 0.211 e. The molecule has 0 aliphatic carbocycles. The molecule has 0 unspecified atom stereocenters. The molecule has 116 valence electrons. The predicted octanol–water partition coefficient (Wildman–Crippen LogP) is 1.05. The fourth-order valence-corrected chi connectivity index (χ4v) is 3.02. The monoisotopic (exact) mass is 302 g/mol. The first-order valence-corrected chi connectivity index (χ1v) is 8.99. The molecule has 7 heteroatoms. The van der Waals surface area contributed by atoms with Crippen LogP contribution in [0.5, 0.6) is 0 Å². The summed E-state index contributed by atoms with van der Waals surface area (Å²) in [6.07, 6.45) is 6.95. The van der Waals surface area contributed by atoms with Gasteiger partial charge in [0, 0.05) is 32.0 Å². The molecule has 0 aromatic carbocycles. The summed E-state index contributed by atoms with van der Waals surface area (Å²) in [5, 5.41) is 3.31. The molecule has 1 N–H and O–H groups in total. The number of aryl methyl sites for hydroxylation is 1. The lowest BCUT2D eigenvalue weighted by Gasteiger charge is -2.17. The lowest BCUT2D eigenvalue weighted by atomic mass is 10.4. The molecule has 0 saturated heterocycles. The summed E-state index contributed by atoms with van der Waals surface area (Å²) in [5.41, 5.74) is 0. The van der Waals surface area contributed by atoms with Crippen LogP contribution in [-0.2, 0) is 23.1 Å². The molecular weight excluding hydrogens is 276 g/mol. The van der Waals surface area contributed by atoms with Gasteiger partial charge in [0.1, 0.15) is 5.82 Å². The van der Waals surface area contributed by atoms with Crippen LogP contribution in [0.25, 0.3) is 0 Å².